The number of carboxylic acid groups (broad SMARTS) is 1. The van der Waals surface area contributed by atoms with Gasteiger partial charge in [0.15, 0.2) is 5.96 Å². The van der Waals surface area contributed by atoms with Crippen molar-refractivity contribution in [2.24, 2.45) is 28.1 Å². The Morgan fingerprint density at radius 2 is 1.58 bits per heavy atom. The zero-order chi connectivity index (χ0) is 24.1. The average Bonchev–Trinajstić information content (AvgIpc) is 2.70. The Bertz CT molecular complexity index is 655. The molecule has 3 amide bonds. The van der Waals surface area contributed by atoms with Crippen molar-refractivity contribution in [3.05, 3.63) is 0 Å². The number of aliphatic carboxylic acids is 1. The average molecular weight is 462 g/mol. The Labute approximate surface area is 187 Å². The Kier molecular flexibility index (Phi) is 13.3. The number of rotatable bonds is 14. The number of nitrogens with zero attached hydrogens (tertiary/aromatic N) is 1. The molecule has 0 aliphatic heterocycles. The zero-order valence-corrected chi connectivity index (χ0v) is 19.0. The van der Waals surface area contributed by atoms with Gasteiger partial charge in [-0.05, 0) is 25.7 Å². The molecule has 0 aromatic rings. The lowest BCUT2D eigenvalue weighted by molar-refractivity contribution is -0.142. The maximum atomic E-state index is 12.7. The van der Waals surface area contributed by atoms with Gasteiger partial charge >= 0.3 is 5.97 Å². The summed E-state index contributed by atoms with van der Waals surface area (Å²) in [5.74, 6) is -3.44. The van der Waals surface area contributed by atoms with Gasteiger partial charge in [-0.3, -0.25) is 19.4 Å². The van der Waals surface area contributed by atoms with Crippen LogP contribution in [0.3, 0.4) is 0 Å². The highest BCUT2D eigenvalue weighted by Gasteiger charge is 2.31. The number of nitrogens with two attached hydrogens (primary N) is 3. The molecule has 0 aliphatic rings. The minimum Gasteiger partial charge on any atom is -0.480 e. The van der Waals surface area contributed by atoms with Crippen LogP contribution in [0.5, 0.6) is 0 Å². The van der Waals surface area contributed by atoms with Crippen LogP contribution in [0.1, 0.15) is 40.0 Å². The molecule has 0 heterocycles. The summed E-state index contributed by atoms with van der Waals surface area (Å²) >= 11 is 4.08. The highest BCUT2D eigenvalue weighted by Crippen LogP contribution is 2.09. The van der Waals surface area contributed by atoms with Gasteiger partial charge in [0, 0.05) is 12.3 Å². The molecule has 0 bridgehead atoms. The van der Waals surface area contributed by atoms with Crippen molar-refractivity contribution in [3.8, 4) is 0 Å². The van der Waals surface area contributed by atoms with E-state index in [0.717, 1.165) is 0 Å². The van der Waals surface area contributed by atoms with Crippen molar-refractivity contribution < 1.29 is 24.3 Å². The van der Waals surface area contributed by atoms with E-state index >= 15 is 0 Å². The smallest absolute Gasteiger partial charge is 0.326 e. The molecule has 5 atom stereocenters. The third-order valence-electron chi connectivity index (χ3n) is 4.58. The molecule has 12 nitrogen and oxygen atoms in total. The molecule has 0 fully saturated rings. The third kappa shape index (κ3) is 10.9. The molecule has 10 N–H and O–H groups in total. The molecular weight excluding hydrogens is 426 g/mol. The summed E-state index contributed by atoms with van der Waals surface area (Å²) in [5.41, 5.74) is 16.0. The number of carbonyl (C=O) groups is 4. The van der Waals surface area contributed by atoms with Crippen molar-refractivity contribution in [3.63, 3.8) is 0 Å². The predicted octanol–water partition coefficient (Wildman–Crippen LogP) is -2.10. The molecular formula is C18H35N7O5S. The van der Waals surface area contributed by atoms with E-state index in [0.29, 0.717) is 12.8 Å². The van der Waals surface area contributed by atoms with Crippen molar-refractivity contribution in [2.45, 2.75) is 64.2 Å². The molecule has 0 saturated carbocycles. The van der Waals surface area contributed by atoms with Crippen LogP contribution in [0, 0.1) is 5.92 Å². The molecule has 0 rings (SSSR count). The number of guanidine groups is 1. The van der Waals surface area contributed by atoms with E-state index < -0.39 is 47.9 Å². The largest absolute Gasteiger partial charge is 0.480 e. The van der Waals surface area contributed by atoms with Crippen LogP contribution in [0.4, 0.5) is 0 Å². The highest BCUT2D eigenvalue weighted by atomic mass is 32.1. The number of nitrogens with one attached hydrogen (secondary N) is 3. The normalized spacial score (nSPS) is 15.5. The summed E-state index contributed by atoms with van der Waals surface area (Å²) in [7, 11) is 0. The van der Waals surface area contributed by atoms with Gasteiger partial charge in [-0.2, -0.15) is 12.6 Å². The fourth-order valence-electron chi connectivity index (χ4n) is 2.48. The number of carbonyl (C=O) groups excluding carboxylic acids is 3. The first kappa shape index (κ1) is 28.5. The standard InChI is InChI=1S/C18H35N7O5S/c1-4-9(2)13(25-14(26)10(3)19)16(28)24-12(8-31)15(27)23-11(17(29)30)6-5-7-22-18(20)21/h9-13,31H,4-8,19H2,1-3H3,(H,23,27)(H,24,28)(H,25,26)(H,29,30)(H4,20,21,22). The first-order valence-corrected chi connectivity index (χ1v) is 10.6. The molecule has 5 unspecified atom stereocenters. The molecule has 0 aromatic heterocycles. The third-order valence-corrected chi connectivity index (χ3v) is 4.95. The molecule has 0 saturated heterocycles. The van der Waals surface area contributed by atoms with E-state index in [1.54, 1.807) is 6.92 Å². The first-order chi connectivity index (χ1) is 14.4. The number of thiol groups is 1. The topological polar surface area (TPSA) is 215 Å². The van der Waals surface area contributed by atoms with E-state index in [9.17, 15) is 24.3 Å². The SMILES string of the molecule is CCC(C)C(NC(=O)C(C)N)C(=O)NC(CS)C(=O)NC(CCCN=C(N)N)C(=O)O. The summed E-state index contributed by atoms with van der Waals surface area (Å²) in [6.07, 6.45) is 1.00. The molecule has 0 radical (unpaired) electrons. The Morgan fingerprint density at radius 1 is 1.00 bits per heavy atom. The van der Waals surface area contributed by atoms with E-state index in [1.165, 1.54) is 6.92 Å². The lowest BCUT2D eigenvalue weighted by atomic mass is 9.97. The van der Waals surface area contributed by atoms with Crippen LogP contribution in [0.25, 0.3) is 0 Å². The van der Waals surface area contributed by atoms with E-state index in [2.05, 4.69) is 33.6 Å². The second-order valence-electron chi connectivity index (χ2n) is 7.25. The van der Waals surface area contributed by atoms with Crippen molar-refractivity contribution in [1.82, 2.24) is 16.0 Å². The number of hydrogen-bond donors (Lipinski definition) is 8. The summed E-state index contributed by atoms with van der Waals surface area (Å²) in [5, 5.41) is 16.8. The molecule has 31 heavy (non-hydrogen) atoms. The summed E-state index contributed by atoms with van der Waals surface area (Å²) in [6.45, 7) is 5.33. The van der Waals surface area contributed by atoms with E-state index in [1.807, 2.05) is 6.92 Å². The summed E-state index contributed by atoms with van der Waals surface area (Å²) in [6, 6.07) is -4.01. The molecule has 13 heteroatoms. The van der Waals surface area contributed by atoms with Crippen LogP contribution in [0.15, 0.2) is 4.99 Å². The molecule has 0 aromatic carbocycles. The van der Waals surface area contributed by atoms with Gasteiger partial charge in [-0.1, -0.05) is 20.3 Å². The molecule has 178 valence electrons. The van der Waals surface area contributed by atoms with Crippen LogP contribution < -0.4 is 33.2 Å². The van der Waals surface area contributed by atoms with Gasteiger partial charge in [0.2, 0.25) is 17.7 Å². The summed E-state index contributed by atoms with van der Waals surface area (Å²) in [4.78, 5) is 52.4. The van der Waals surface area contributed by atoms with Gasteiger partial charge in [-0.15, -0.1) is 0 Å². The second-order valence-corrected chi connectivity index (χ2v) is 7.62. The van der Waals surface area contributed by atoms with E-state index in [4.69, 9.17) is 17.2 Å². The monoisotopic (exact) mass is 461 g/mol. The fourth-order valence-corrected chi connectivity index (χ4v) is 2.73. The number of hydrogen-bond acceptors (Lipinski definition) is 7. The van der Waals surface area contributed by atoms with Crippen LogP contribution >= 0.6 is 12.6 Å². The minimum atomic E-state index is -1.23. The fraction of sp³-hybridized carbons (Fsp3) is 0.722. The lowest BCUT2D eigenvalue weighted by Gasteiger charge is -2.27. The van der Waals surface area contributed by atoms with Crippen LogP contribution in [-0.2, 0) is 19.2 Å². The van der Waals surface area contributed by atoms with Crippen molar-refractivity contribution in [2.75, 3.05) is 12.3 Å². The zero-order valence-electron chi connectivity index (χ0n) is 18.1. The Morgan fingerprint density at radius 3 is 2.03 bits per heavy atom. The lowest BCUT2D eigenvalue weighted by Crippen LogP contribution is -2.58. The van der Waals surface area contributed by atoms with Crippen molar-refractivity contribution in [1.29, 1.82) is 0 Å². The first-order valence-electron chi connectivity index (χ1n) is 10.00. The maximum Gasteiger partial charge on any atom is 0.326 e. The van der Waals surface area contributed by atoms with Crippen LogP contribution in [-0.4, -0.2) is 71.2 Å². The van der Waals surface area contributed by atoms with Crippen LogP contribution in [0.2, 0.25) is 0 Å². The van der Waals surface area contributed by atoms with Gasteiger partial charge in [0.05, 0.1) is 6.04 Å². The van der Waals surface area contributed by atoms with Gasteiger partial charge in [0.25, 0.3) is 0 Å². The van der Waals surface area contributed by atoms with E-state index in [-0.39, 0.29) is 30.6 Å². The van der Waals surface area contributed by atoms with Gasteiger partial charge < -0.3 is 38.3 Å². The Balaban J connectivity index is 5.13. The minimum absolute atomic E-state index is 0.0770. The van der Waals surface area contributed by atoms with Gasteiger partial charge in [0.1, 0.15) is 18.1 Å². The molecule has 0 aliphatic carbocycles. The summed E-state index contributed by atoms with van der Waals surface area (Å²) < 4.78 is 0. The number of aliphatic imine (C=N–C) groups is 1. The highest BCUT2D eigenvalue weighted by molar-refractivity contribution is 7.80. The number of carboxylic acids is 1. The van der Waals surface area contributed by atoms with Crippen molar-refractivity contribution >= 4 is 42.3 Å². The quantitative estimate of drug-likeness (QED) is 0.0619. The van der Waals surface area contributed by atoms with Gasteiger partial charge in [-0.25, -0.2) is 4.79 Å². The predicted molar refractivity (Wildman–Crippen MR) is 120 cm³/mol. The molecule has 0 spiro atoms. The Hall–Kier alpha value is -2.54. The second kappa shape index (κ2) is 14.5. The maximum absolute atomic E-state index is 12.7. The number of amides is 3.